The minimum absolute atomic E-state index is 0.167. The molecule has 0 unspecified atom stereocenters. The van der Waals surface area contributed by atoms with Gasteiger partial charge in [0.15, 0.2) is 5.82 Å². The molecule has 1 amide bonds. The summed E-state index contributed by atoms with van der Waals surface area (Å²) in [5.41, 5.74) is 2.34. The molecule has 0 atom stereocenters. The number of nitrogens with zero attached hydrogens (tertiary/aromatic N) is 4. The van der Waals surface area contributed by atoms with Gasteiger partial charge in [0, 0.05) is 31.9 Å². The molecule has 0 saturated carbocycles. The van der Waals surface area contributed by atoms with E-state index in [1.165, 1.54) is 23.9 Å². The van der Waals surface area contributed by atoms with Gasteiger partial charge >= 0.3 is 0 Å². The van der Waals surface area contributed by atoms with Gasteiger partial charge < -0.3 is 15.1 Å². The van der Waals surface area contributed by atoms with Gasteiger partial charge in [0.1, 0.15) is 10.8 Å². The molecule has 6 nitrogen and oxygen atoms in total. The molecule has 0 aliphatic carbocycles. The number of hydrogen-bond donors (Lipinski definition) is 1. The van der Waals surface area contributed by atoms with Gasteiger partial charge in [-0.25, -0.2) is 4.39 Å². The number of carbonyl (C=O) groups is 1. The van der Waals surface area contributed by atoms with Gasteiger partial charge in [-0.3, -0.25) is 4.79 Å². The lowest BCUT2D eigenvalue weighted by Gasteiger charge is -2.36. The summed E-state index contributed by atoms with van der Waals surface area (Å²) in [5, 5.41) is 12.7. The van der Waals surface area contributed by atoms with Crippen LogP contribution in [0.3, 0.4) is 0 Å². The molecule has 1 N–H and O–H groups in total. The van der Waals surface area contributed by atoms with Crippen LogP contribution in [-0.4, -0.2) is 48.0 Å². The van der Waals surface area contributed by atoms with Crippen molar-refractivity contribution in [2.24, 2.45) is 0 Å². The second-order valence-electron chi connectivity index (χ2n) is 7.45. The summed E-state index contributed by atoms with van der Waals surface area (Å²) in [5.74, 6) is 0.381. The van der Waals surface area contributed by atoms with E-state index < -0.39 is 0 Å². The lowest BCUT2D eigenvalue weighted by atomic mass is 10.2. The molecular formula is C23H23ClFN5OS. The average Bonchev–Trinajstić information content (AvgIpc) is 2.81. The van der Waals surface area contributed by atoms with Crippen LogP contribution in [0.4, 0.5) is 21.6 Å². The van der Waals surface area contributed by atoms with Gasteiger partial charge in [0.25, 0.3) is 0 Å². The van der Waals surface area contributed by atoms with Crippen molar-refractivity contribution in [3.05, 3.63) is 71.0 Å². The Labute approximate surface area is 195 Å². The molecule has 4 rings (SSSR count). The fourth-order valence-corrected chi connectivity index (χ4v) is 4.37. The quantitative estimate of drug-likeness (QED) is 0.529. The van der Waals surface area contributed by atoms with Gasteiger partial charge in [0.2, 0.25) is 5.91 Å². The topological polar surface area (TPSA) is 61.4 Å². The summed E-state index contributed by atoms with van der Waals surface area (Å²) >= 11 is 7.61. The Bertz CT molecular complexity index is 1090. The van der Waals surface area contributed by atoms with Crippen LogP contribution in [0.15, 0.2) is 59.6 Å². The minimum Gasteiger partial charge on any atom is -0.367 e. The van der Waals surface area contributed by atoms with Crippen molar-refractivity contribution in [3.63, 3.8) is 0 Å². The Hall–Kier alpha value is -2.84. The lowest BCUT2D eigenvalue weighted by molar-refractivity contribution is -0.113. The highest BCUT2D eigenvalue weighted by Crippen LogP contribution is 2.27. The van der Waals surface area contributed by atoms with Crippen LogP contribution in [0.2, 0.25) is 5.02 Å². The highest BCUT2D eigenvalue weighted by Gasteiger charge is 2.20. The Morgan fingerprint density at radius 1 is 1.06 bits per heavy atom. The van der Waals surface area contributed by atoms with Crippen molar-refractivity contribution < 1.29 is 9.18 Å². The molecule has 3 aromatic rings. The van der Waals surface area contributed by atoms with Crippen molar-refractivity contribution >= 4 is 46.5 Å². The summed E-state index contributed by atoms with van der Waals surface area (Å²) < 4.78 is 13.4. The standard InChI is InChI=1S/C23H23ClFN5OS/c1-16-6-7-17(25)14-19(16)26-22(31)15-32-23-9-8-21(27-28-23)30-12-10-29(11-13-30)20-5-3-2-4-18(20)24/h2-9,14H,10-13,15H2,1H3,(H,26,31). The number of aromatic nitrogens is 2. The summed E-state index contributed by atoms with van der Waals surface area (Å²) in [6, 6.07) is 16.0. The maximum absolute atomic E-state index is 13.4. The number of thioether (sulfide) groups is 1. The van der Waals surface area contributed by atoms with E-state index >= 15 is 0 Å². The summed E-state index contributed by atoms with van der Waals surface area (Å²) in [6.45, 7) is 5.16. The summed E-state index contributed by atoms with van der Waals surface area (Å²) in [4.78, 5) is 16.7. The number of nitrogens with one attached hydrogen (secondary N) is 1. The smallest absolute Gasteiger partial charge is 0.234 e. The first-order chi connectivity index (χ1) is 15.5. The Kier molecular flexibility index (Phi) is 7.12. The number of hydrogen-bond acceptors (Lipinski definition) is 6. The molecule has 9 heteroatoms. The maximum Gasteiger partial charge on any atom is 0.234 e. The van der Waals surface area contributed by atoms with E-state index in [9.17, 15) is 9.18 Å². The van der Waals surface area contributed by atoms with Crippen LogP contribution in [0.1, 0.15) is 5.56 Å². The van der Waals surface area contributed by atoms with Gasteiger partial charge in [-0.15, -0.1) is 10.2 Å². The van der Waals surface area contributed by atoms with Crippen LogP contribution in [0.25, 0.3) is 0 Å². The molecule has 0 spiro atoms. The predicted molar refractivity (Wildman–Crippen MR) is 128 cm³/mol. The second-order valence-corrected chi connectivity index (χ2v) is 8.85. The van der Waals surface area contributed by atoms with Gasteiger partial charge in [0.05, 0.1) is 16.5 Å². The predicted octanol–water partition coefficient (Wildman–Crippen LogP) is 4.63. The van der Waals surface area contributed by atoms with Crippen LogP contribution >= 0.6 is 23.4 Å². The number of piperazine rings is 1. The Balaban J connectivity index is 1.28. The van der Waals surface area contributed by atoms with E-state index in [1.54, 1.807) is 6.07 Å². The van der Waals surface area contributed by atoms with E-state index in [1.807, 2.05) is 43.3 Å². The van der Waals surface area contributed by atoms with Crippen molar-refractivity contribution in [1.82, 2.24) is 10.2 Å². The number of halogens is 2. The molecule has 0 bridgehead atoms. The third kappa shape index (κ3) is 5.49. The first kappa shape index (κ1) is 22.4. The number of amides is 1. The third-order valence-electron chi connectivity index (χ3n) is 5.25. The summed E-state index contributed by atoms with van der Waals surface area (Å²) in [7, 11) is 0. The largest absolute Gasteiger partial charge is 0.367 e. The first-order valence-corrected chi connectivity index (χ1v) is 11.6. The van der Waals surface area contributed by atoms with E-state index in [-0.39, 0.29) is 17.5 Å². The van der Waals surface area contributed by atoms with Crippen LogP contribution in [0, 0.1) is 12.7 Å². The number of para-hydroxylation sites is 1. The molecular weight excluding hydrogens is 449 g/mol. The number of benzene rings is 2. The van der Waals surface area contributed by atoms with Gasteiger partial charge in [-0.2, -0.15) is 0 Å². The number of rotatable bonds is 6. The monoisotopic (exact) mass is 471 g/mol. The van der Waals surface area contributed by atoms with Gasteiger partial charge in [-0.1, -0.05) is 41.6 Å². The minimum atomic E-state index is -0.382. The van der Waals surface area contributed by atoms with E-state index in [0.29, 0.717) is 10.7 Å². The zero-order valence-corrected chi connectivity index (χ0v) is 19.2. The van der Waals surface area contributed by atoms with Crippen LogP contribution in [0.5, 0.6) is 0 Å². The molecule has 32 heavy (non-hydrogen) atoms. The second kappa shape index (κ2) is 10.2. The molecule has 1 aromatic heterocycles. The molecule has 1 saturated heterocycles. The molecule has 1 aliphatic heterocycles. The number of aryl methyl sites for hydroxylation is 1. The van der Waals surface area contributed by atoms with E-state index in [0.717, 1.165) is 48.3 Å². The number of carbonyl (C=O) groups excluding carboxylic acids is 1. The van der Waals surface area contributed by atoms with Crippen molar-refractivity contribution in [2.75, 3.05) is 47.0 Å². The molecule has 2 aromatic carbocycles. The lowest BCUT2D eigenvalue weighted by Crippen LogP contribution is -2.47. The molecule has 166 valence electrons. The highest BCUT2D eigenvalue weighted by molar-refractivity contribution is 7.99. The average molecular weight is 472 g/mol. The van der Waals surface area contributed by atoms with Gasteiger partial charge in [-0.05, 0) is 48.9 Å². The fraction of sp³-hybridized carbons (Fsp3) is 0.261. The fourth-order valence-electron chi connectivity index (χ4n) is 3.50. The van der Waals surface area contributed by atoms with E-state index in [2.05, 4.69) is 25.3 Å². The Morgan fingerprint density at radius 2 is 1.81 bits per heavy atom. The van der Waals surface area contributed by atoms with Crippen molar-refractivity contribution in [3.8, 4) is 0 Å². The molecule has 1 aliphatic rings. The highest BCUT2D eigenvalue weighted by atomic mass is 35.5. The number of anilines is 3. The van der Waals surface area contributed by atoms with Crippen molar-refractivity contribution in [2.45, 2.75) is 11.9 Å². The SMILES string of the molecule is Cc1ccc(F)cc1NC(=O)CSc1ccc(N2CCN(c3ccccc3Cl)CC2)nn1. The zero-order chi connectivity index (χ0) is 22.5. The molecule has 0 radical (unpaired) electrons. The normalized spacial score (nSPS) is 13.8. The Morgan fingerprint density at radius 3 is 2.53 bits per heavy atom. The zero-order valence-electron chi connectivity index (χ0n) is 17.6. The molecule has 1 fully saturated rings. The van der Waals surface area contributed by atoms with Crippen LogP contribution in [-0.2, 0) is 4.79 Å². The van der Waals surface area contributed by atoms with Crippen LogP contribution < -0.4 is 15.1 Å². The van der Waals surface area contributed by atoms with E-state index in [4.69, 9.17) is 11.6 Å². The maximum atomic E-state index is 13.4. The molecule has 2 heterocycles. The third-order valence-corrected chi connectivity index (χ3v) is 6.49. The first-order valence-electron chi connectivity index (χ1n) is 10.3. The summed E-state index contributed by atoms with van der Waals surface area (Å²) in [6.07, 6.45) is 0. The van der Waals surface area contributed by atoms with Crippen molar-refractivity contribution in [1.29, 1.82) is 0 Å².